The monoisotopic (exact) mass is 244 g/mol. The number of nitrogens with one attached hydrogen (secondary N) is 2. The average Bonchev–Trinajstić information content (AvgIpc) is 2.40. The Balaban J connectivity index is 1.88. The maximum absolute atomic E-state index is 11.8. The molecule has 0 aliphatic carbocycles. The van der Waals surface area contributed by atoms with Crippen molar-refractivity contribution in [2.45, 2.75) is 12.5 Å². The molecule has 4 nitrogen and oxygen atoms in total. The maximum atomic E-state index is 11.8. The van der Waals surface area contributed by atoms with Crippen LogP contribution < -0.4 is 10.6 Å². The van der Waals surface area contributed by atoms with E-state index in [-0.39, 0.29) is 11.9 Å². The molecule has 0 radical (unpaired) electrons. The SMILES string of the molecule is C#Cc1cccc(NC(=O)CC2COCCN2)c1. The molecule has 1 aromatic carbocycles. The van der Waals surface area contributed by atoms with E-state index in [0.29, 0.717) is 19.6 Å². The Bertz CT molecular complexity index is 459. The lowest BCUT2D eigenvalue weighted by Crippen LogP contribution is -2.43. The van der Waals surface area contributed by atoms with Crippen molar-refractivity contribution < 1.29 is 9.53 Å². The molecule has 1 aliphatic rings. The Kier molecular flexibility index (Phi) is 4.35. The molecule has 1 amide bonds. The largest absolute Gasteiger partial charge is 0.378 e. The van der Waals surface area contributed by atoms with Gasteiger partial charge in [-0.15, -0.1) is 6.42 Å². The van der Waals surface area contributed by atoms with E-state index < -0.39 is 0 Å². The van der Waals surface area contributed by atoms with Crippen molar-refractivity contribution in [3.8, 4) is 12.3 Å². The van der Waals surface area contributed by atoms with Crippen molar-refractivity contribution in [1.82, 2.24) is 5.32 Å². The lowest BCUT2D eigenvalue weighted by atomic mass is 10.1. The number of amides is 1. The van der Waals surface area contributed by atoms with Crippen LogP contribution >= 0.6 is 0 Å². The lowest BCUT2D eigenvalue weighted by molar-refractivity contribution is -0.117. The third-order valence-corrected chi connectivity index (χ3v) is 2.74. The standard InChI is InChI=1S/C14H16N2O2/c1-2-11-4-3-5-12(8-11)16-14(17)9-13-10-18-7-6-15-13/h1,3-5,8,13,15H,6-7,9-10H2,(H,16,17). The van der Waals surface area contributed by atoms with Crippen LogP contribution in [0.5, 0.6) is 0 Å². The number of anilines is 1. The highest BCUT2D eigenvalue weighted by Crippen LogP contribution is 2.10. The molecule has 1 aliphatic heterocycles. The molecule has 2 N–H and O–H groups in total. The zero-order valence-corrected chi connectivity index (χ0v) is 10.1. The summed E-state index contributed by atoms with van der Waals surface area (Å²) in [7, 11) is 0. The van der Waals surface area contributed by atoms with Crippen LogP contribution in [-0.4, -0.2) is 31.7 Å². The zero-order valence-electron chi connectivity index (χ0n) is 10.1. The first kappa shape index (κ1) is 12.6. The number of hydrogen-bond donors (Lipinski definition) is 2. The third-order valence-electron chi connectivity index (χ3n) is 2.74. The fraction of sp³-hybridized carbons (Fsp3) is 0.357. The number of carbonyl (C=O) groups excluding carboxylic acids is 1. The number of terminal acetylenes is 1. The quantitative estimate of drug-likeness (QED) is 0.779. The van der Waals surface area contributed by atoms with Crippen molar-refractivity contribution >= 4 is 11.6 Å². The fourth-order valence-electron chi connectivity index (χ4n) is 1.87. The van der Waals surface area contributed by atoms with Crippen LogP contribution in [0.15, 0.2) is 24.3 Å². The van der Waals surface area contributed by atoms with Crippen molar-refractivity contribution in [2.75, 3.05) is 25.1 Å². The summed E-state index contributed by atoms with van der Waals surface area (Å²) in [5, 5.41) is 6.07. The van der Waals surface area contributed by atoms with Gasteiger partial charge in [-0.05, 0) is 18.2 Å². The van der Waals surface area contributed by atoms with Gasteiger partial charge in [0.1, 0.15) is 0 Å². The molecule has 1 aromatic rings. The smallest absolute Gasteiger partial charge is 0.226 e. The normalized spacial score (nSPS) is 18.9. The van der Waals surface area contributed by atoms with E-state index in [1.807, 2.05) is 18.2 Å². The van der Waals surface area contributed by atoms with Crippen LogP contribution in [-0.2, 0) is 9.53 Å². The summed E-state index contributed by atoms with van der Waals surface area (Å²) < 4.78 is 5.30. The van der Waals surface area contributed by atoms with E-state index in [4.69, 9.17) is 11.2 Å². The highest BCUT2D eigenvalue weighted by molar-refractivity contribution is 5.91. The summed E-state index contributed by atoms with van der Waals surface area (Å²) in [4.78, 5) is 11.8. The Labute approximate surface area is 107 Å². The summed E-state index contributed by atoms with van der Waals surface area (Å²) in [5.41, 5.74) is 1.49. The van der Waals surface area contributed by atoms with Crippen LogP contribution in [0.4, 0.5) is 5.69 Å². The molecule has 0 spiro atoms. The highest BCUT2D eigenvalue weighted by Gasteiger charge is 2.16. The summed E-state index contributed by atoms with van der Waals surface area (Å²) in [5.74, 6) is 2.50. The summed E-state index contributed by atoms with van der Waals surface area (Å²) >= 11 is 0. The predicted molar refractivity (Wildman–Crippen MR) is 70.2 cm³/mol. The van der Waals surface area contributed by atoms with Gasteiger partial charge in [-0.3, -0.25) is 4.79 Å². The van der Waals surface area contributed by atoms with E-state index in [2.05, 4.69) is 16.6 Å². The van der Waals surface area contributed by atoms with Gasteiger partial charge in [0.2, 0.25) is 5.91 Å². The Hall–Kier alpha value is -1.83. The Morgan fingerprint density at radius 3 is 3.22 bits per heavy atom. The van der Waals surface area contributed by atoms with Gasteiger partial charge in [0, 0.05) is 30.3 Å². The number of carbonyl (C=O) groups is 1. The van der Waals surface area contributed by atoms with Crippen molar-refractivity contribution in [2.24, 2.45) is 0 Å². The minimum Gasteiger partial charge on any atom is -0.378 e. The molecule has 0 bridgehead atoms. The minimum absolute atomic E-state index is 0.0350. The molecule has 2 rings (SSSR count). The summed E-state index contributed by atoms with van der Waals surface area (Å²) in [6.45, 7) is 2.09. The fourth-order valence-corrected chi connectivity index (χ4v) is 1.87. The van der Waals surface area contributed by atoms with Gasteiger partial charge in [0.15, 0.2) is 0 Å². The first-order valence-electron chi connectivity index (χ1n) is 5.95. The van der Waals surface area contributed by atoms with Crippen molar-refractivity contribution in [1.29, 1.82) is 0 Å². The van der Waals surface area contributed by atoms with E-state index in [1.54, 1.807) is 6.07 Å². The second kappa shape index (κ2) is 6.20. The Morgan fingerprint density at radius 1 is 1.61 bits per heavy atom. The molecule has 1 saturated heterocycles. The number of benzene rings is 1. The molecule has 94 valence electrons. The number of rotatable bonds is 3. The third kappa shape index (κ3) is 3.59. The van der Waals surface area contributed by atoms with E-state index >= 15 is 0 Å². The second-order valence-electron chi connectivity index (χ2n) is 4.20. The lowest BCUT2D eigenvalue weighted by Gasteiger charge is -2.23. The van der Waals surface area contributed by atoms with Gasteiger partial charge >= 0.3 is 0 Å². The molecule has 1 unspecified atom stereocenters. The molecule has 0 saturated carbocycles. The second-order valence-corrected chi connectivity index (χ2v) is 4.20. The van der Waals surface area contributed by atoms with Gasteiger partial charge < -0.3 is 15.4 Å². The molecular formula is C14H16N2O2. The van der Waals surface area contributed by atoms with Gasteiger partial charge in [-0.1, -0.05) is 12.0 Å². The van der Waals surface area contributed by atoms with Gasteiger partial charge in [0.25, 0.3) is 0 Å². The minimum atomic E-state index is -0.0350. The molecule has 18 heavy (non-hydrogen) atoms. The number of ether oxygens (including phenoxy) is 1. The van der Waals surface area contributed by atoms with Crippen molar-refractivity contribution in [3.05, 3.63) is 29.8 Å². The Morgan fingerprint density at radius 2 is 2.50 bits per heavy atom. The first-order valence-corrected chi connectivity index (χ1v) is 5.95. The maximum Gasteiger partial charge on any atom is 0.226 e. The van der Waals surface area contributed by atoms with Crippen LogP contribution in [0.1, 0.15) is 12.0 Å². The first-order chi connectivity index (χ1) is 8.78. The highest BCUT2D eigenvalue weighted by atomic mass is 16.5. The molecule has 4 heteroatoms. The van der Waals surface area contributed by atoms with Gasteiger partial charge in [0.05, 0.1) is 13.2 Å². The average molecular weight is 244 g/mol. The number of morpholine rings is 1. The summed E-state index contributed by atoms with van der Waals surface area (Å²) in [6, 6.07) is 7.35. The van der Waals surface area contributed by atoms with E-state index in [1.165, 1.54) is 0 Å². The molecule has 1 atom stereocenters. The summed E-state index contributed by atoms with van der Waals surface area (Å²) in [6.07, 6.45) is 5.71. The van der Waals surface area contributed by atoms with Crippen LogP contribution in [0.25, 0.3) is 0 Å². The zero-order chi connectivity index (χ0) is 12.8. The topological polar surface area (TPSA) is 50.4 Å². The van der Waals surface area contributed by atoms with Gasteiger partial charge in [-0.25, -0.2) is 0 Å². The van der Waals surface area contributed by atoms with Crippen LogP contribution in [0.2, 0.25) is 0 Å². The molecule has 0 aromatic heterocycles. The predicted octanol–water partition coefficient (Wildman–Crippen LogP) is 0.985. The van der Waals surface area contributed by atoms with E-state index in [9.17, 15) is 4.79 Å². The van der Waals surface area contributed by atoms with Gasteiger partial charge in [-0.2, -0.15) is 0 Å². The molecule has 1 heterocycles. The van der Waals surface area contributed by atoms with E-state index in [0.717, 1.165) is 17.8 Å². The van der Waals surface area contributed by atoms with Crippen LogP contribution in [0.3, 0.4) is 0 Å². The van der Waals surface area contributed by atoms with Crippen LogP contribution in [0, 0.1) is 12.3 Å². The number of hydrogen-bond acceptors (Lipinski definition) is 3. The molecular weight excluding hydrogens is 228 g/mol. The van der Waals surface area contributed by atoms with Crippen molar-refractivity contribution in [3.63, 3.8) is 0 Å². The molecule has 1 fully saturated rings.